The van der Waals surface area contributed by atoms with E-state index in [1.807, 2.05) is 0 Å². The van der Waals surface area contributed by atoms with E-state index in [2.05, 4.69) is 23.6 Å². The number of hydrogen-bond acceptors (Lipinski definition) is 5. The molecule has 1 fully saturated rings. The predicted octanol–water partition coefficient (Wildman–Crippen LogP) is 3.15. The van der Waals surface area contributed by atoms with Crippen molar-refractivity contribution in [3.63, 3.8) is 0 Å². The minimum Gasteiger partial charge on any atom is -0.495 e. The Labute approximate surface area is 165 Å². The molecule has 2 aromatic rings. The Balaban J connectivity index is 1.91. The fourth-order valence-corrected chi connectivity index (χ4v) is 4.68. The SMILES string of the molecule is COc1cncc(NS(=O)(=O)c2ccccc2C(=O)N2CCCC(C)(C)C2)c1. The molecule has 7 nitrogen and oxygen atoms in total. The third-order valence-corrected chi connectivity index (χ3v) is 6.24. The van der Waals surface area contributed by atoms with E-state index in [9.17, 15) is 13.2 Å². The third kappa shape index (κ3) is 4.44. The van der Waals surface area contributed by atoms with Gasteiger partial charge in [0.2, 0.25) is 0 Å². The lowest BCUT2D eigenvalue weighted by Crippen LogP contribution is -2.44. The number of piperidine rings is 1. The van der Waals surface area contributed by atoms with Gasteiger partial charge in [-0.15, -0.1) is 0 Å². The van der Waals surface area contributed by atoms with Crippen molar-refractivity contribution < 1.29 is 17.9 Å². The smallest absolute Gasteiger partial charge is 0.262 e. The predicted molar refractivity (Wildman–Crippen MR) is 107 cm³/mol. The van der Waals surface area contributed by atoms with E-state index in [0.717, 1.165) is 12.8 Å². The highest BCUT2D eigenvalue weighted by Crippen LogP contribution is 2.30. The summed E-state index contributed by atoms with van der Waals surface area (Å²) < 4.78 is 33.5. The van der Waals surface area contributed by atoms with Crippen LogP contribution in [0.5, 0.6) is 5.75 Å². The topological polar surface area (TPSA) is 88.6 Å². The molecule has 0 unspecified atom stereocenters. The van der Waals surface area contributed by atoms with Crippen LogP contribution in [0.15, 0.2) is 47.6 Å². The number of amides is 1. The van der Waals surface area contributed by atoms with Crippen LogP contribution in [-0.2, 0) is 10.0 Å². The van der Waals surface area contributed by atoms with Crippen LogP contribution >= 0.6 is 0 Å². The van der Waals surface area contributed by atoms with Crippen LogP contribution < -0.4 is 9.46 Å². The summed E-state index contributed by atoms with van der Waals surface area (Å²) >= 11 is 0. The van der Waals surface area contributed by atoms with Crippen LogP contribution in [0.1, 0.15) is 37.0 Å². The monoisotopic (exact) mass is 403 g/mol. The molecular formula is C20H25N3O4S. The number of sulfonamides is 1. The highest BCUT2D eigenvalue weighted by molar-refractivity contribution is 7.92. The first-order valence-electron chi connectivity index (χ1n) is 9.12. The third-order valence-electron chi connectivity index (χ3n) is 4.80. The van der Waals surface area contributed by atoms with Crippen LogP contribution in [0.4, 0.5) is 5.69 Å². The maximum absolute atomic E-state index is 13.1. The standard InChI is InChI=1S/C20H25N3O4S/c1-20(2)9-6-10-23(14-20)19(24)17-7-4-5-8-18(17)28(25,26)22-15-11-16(27-3)13-21-12-15/h4-5,7-8,11-13,22H,6,9-10,14H2,1-3H3. The molecule has 0 saturated carbocycles. The van der Waals surface area contributed by atoms with Crippen molar-refractivity contribution in [2.75, 3.05) is 24.9 Å². The van der Waals surface area contributed by atoms with Crippen molar-refractivity contribution in [2.24, 2.45) is 5.41 Å². The molecule has 1 amide bonds. The van der Waals surface area contributed by atoms with Crippen molar-refractivity contribution in [3.8, 4) is 5.75 Å². The van der Waals surface area contributed by atoms with Gasteiger partial charge in [-0.25, -0.2) is 8.42 Å². The van der Waals surface area contributed by atoms with Crippen LogP contribution in [-0.4, -0.2) is 44.4 Å². The van der Waals surface area contributed by atoms with Gasteiger partial charge in [-0.3, -0.25) is 14.5 Å². The van der Waals surface area contributed by atoms with Crippen LogP contribution in [0, 0.1) is 5.41 Å². The Morgan fingerprint density at radius 3 is 2.71 bits per heavy atom. The Hall–Kier alpha value is -2.61. The molecule has 8 heteroatoms. The average molecular weight is 404 g/mol. The summed E-state index contributed by atoms with van der Waals surface area (Å²) in [6.45, 7) is 5.47. The number of nitrogens with one attached hydrogen (secondary N) is 1. The van der Waals surface area contributed by atoms with Crippen LogP contribution in [0.3, 0.4) is 0 Å². The second kappa shape index (κ2) is 7.79. The van der Waals surface area contributed by atoms with Gasteiger partial charge in [-0.05, 0) is 30.4 Å². The summed E-state index contributed by atoms with van der Waals surface area (Å²) in [4.78, 5) is 18.8. The first kappa shape index (κ1) is 20.1. The molecule has 1 saturated heterocycles. The van der Waals surface area contributed by atoms with Gasteiger partial charge in [0.15, 0.2) is 0 Å². The lowest BCUT2D eigenvalue weighted by atomic mass is 9.84. The quantitative estimate of drug-likeness (QED) is 0.828. The fraction of sp³-hybridized carbons (Fsp3) is 0.400. The van der Waals surface area contributed by atoms with Crippen molar-refractivity contribution in [3.05, 3.63) is 48.3 Å². The Kier molecular flexibility index (Phi) is 5.60. The van der Waals surface area contributed by atoms with Gasteiger partial charge < -0.3 is 9.64 Å². The summed E-state index contributed by atoms with van der Waals surface area (Å²) in [5.41, 5.74) is 0.455. The summed E-state index contributed by atoms with van der Waals surface area (Å²) in [5.74, 6) is 0.164. The number of ether oxygens (including phenoxy) is 1. The molecule has 28 heavy (non-hydrogen) atoms. The van der Waals surface area contributed by atoms with Gasteiger partial charge in [-0.1, -0.05) is 26.0 Å². The first-order valence-corrected chi connectivity index (χ1v) is 10.6. The lowest BCUT2D eigenvalue weighted by molar-refractivity contribution is 0.0579. The van der Waals surface area contributed by atoms with E-state index >= 15 is 0 Å². The number of carbonyl (C=O) groups excluding carboxylic acids is 1. The number of rotatable bonds is 5. The summed E-state index contributed by atoms with van der Waals surface area (Å²) in [7, 11) is -2.50. The fourth-order valence-electron chi connectivity index (χ4n) is 3.44. The Morgan fingerprint density at radius 1 is 1.25 bits per heavy atom. The van der Waals surface area contributed by atoms with Gasteiger partial charge in [0.25, 0.3) is 15.9 Å². The van der Waals surface area contributed by atoms with E-state index < -0.39 is 10.0 Å². The number of likely N-dealkylation sites (tertiary alicyclic amines) is 1. The Morgan fingerprint density at radius 2 is 2.00 bits per heavy atom. The van der Waals surface area contributed by atoms with Crippen LogP contribution in [0.25, 0.3) is 0 Å². The molecule has 1 N–H and O–H groups in total. The lowest BCUT2D eigenvalue weighted by Gasteiger charge is -2.38. The molecule has 0 atom stereocenters. The molecule has 0 bridgehead atoms. The normalized spacial score (nSPS) is 16.5. The second-order valence-electron chi connectivity index (χ2n) is 7.71. The molecule has 0 radical (unpaired) electrons. The molecule has 1 aromatic carbocycles. The molecule has 2 heterocycles. The zero-order valence-electron chi connectivity index (χ0n) is 16.3. The number of methoxy groups -OCH3 is 1. The zero-order chi connectivity index (χ0) is 20.4. The van der Waals surface area contributed by atoms with Gasteiger partial charge in [0.05, 0.1) is 30.8 Å². The van der Waals surface area contributed by atoms with E-state index in [1.165, 1.54) is 31.6 Å². The zero-order valence-corrected chi connectivity index (χ0v) is 17.1. The molecule has 3 rings (SSSR count). The average Bonchev–Trinajstić information content (AvgIpc) is 2.66. The van der Waals surface area contributed by atoms with Gasteiger partial charge in [0.1, 0.15) is 10.6 Å². The molecule has 1 aliphatic rings. The summed E-state index contributed by atoms with van der Waals surface area (Å²) in [6.07, 6.45) is 4.81. The molecule has 150 valence electrons. The van der Waals surface area contributed by atoms with Crippen molar-refractivity contribution in [2.45, 2.75) is 31.6 Å². The number of pyridine rings is 1. The number of benzene rings is 1. The molecule has 0 aliphatic carbocycles. The van der Waals surface area contributed by atoms with E-state index in [0.29, 0.717) is 18.8 Å². The van der Waals surface area contributed by atoms with Gasteiger partial charge in [0, 0.05) is 19.2 Å². The minimum absolute atomic E-state index is 0.0201. The number of anilines is 1. The van der Waals surface area contributed by atoms with Crippen LogP contribution in [0.2, 0.25) is 0 Å². The highest BCUT2D eigenvalue weighted by atomic mass is 32.2. The molecule has 1 aliphatic heterocycles. The van der Waals surface area contributed by atoms with Gasteiger partial charge in [-0.2, -0.15) is 0 Å². The largest absolute Gasteiger partial charge is 0.495 e. The van der Waals surface area contributed by atoms with Crippen molar-refractivity contribution >= 4 is 21.6 Å². The maximum atomic E-state index is 13.1. The van der Waals surface area contributed by atoms with Crippen molar-refractivity contribution in [1.82, 2.24) is 9.88 Å². The van der Waals surface area contributed by atoms with Gasteiger partial charge >= 0.3 is 0 Å². The van der Waals surface area contributed by atoms with E-state index in [1.54, 1.807) is 23.1 Å². The van der Waals surface area contributed by atoms with E-state index in [-0.39, 0.29) is 27.5 Å². The summed E-state index contributed by atoms with van der Waals surface area (Å²) in [6, 6.07) is 7.81. The maximum Gasteiger partial charge on any atom is 0.262 e. The minimum atomic E-state index is -3.97. The number of hydrogen-bond donors (Lipinski definition) is 1. The number of aromatic nitrogens is 1. The number of nitrogens with zero attached hydrogens (tertiary/aromatic N) is 2. The Bertz CT molecular complexity index is 973. The second-order valence-corrected chi connectivity index (χ2v) is 9.36. The number of carbonyl (C=O) groups is 1. The molecular weight excluding hydrogens is 378 g/mol. The van der Waals surface area contributed by atoms with E-state index in [4.69, 9.17) is 4.74 Å². The highest BCUT2D eigenvalue weighted by Gasteiger charge is 2.32. The first-order chi connectivity index (χ1) is 13.2. The molecule has 0 spiro atoms. The summed E-state index contributed by atoms with van der Waals surface area (Å²) in [5, 5.41) is 0. The van der Waals surface area contributed by atoms with Crippen molar-refractivity contribution in [1.29, 1.82) is 0 Å². The molecule has 1 aromatic heterocycles.